The van der Waals surface area contributed by atoms with E-state index in [0.717, 1.165) is 18.8 Å². The minimum Gasteiger partial charge on any atom is -0.326 e. The third kappa shape index (κ3) is 5.31. The zero-order valence-electron chi connectivity index (χ0n) is 14.6. The van der Waals surface area contributed by atoms with Gasteiger partial charge in [0.1, 0.15) is 0 Å². The van der Waals surface area contributed by atoms with Gasteiger partial charge in [-0.3, -0.25) is 4.79 Å². The van der Waals surface area contributed by atoms with Crippen molar-refractivity contribution >= 4 is 21.6 Å². The molecule has 1 aliphatic rings. The van der Waals surface area contributed by atoms with Gasteiger partial charge in [-0.15, -0.1) is 0 Å². The summed E-state index contributed by atoms with van der Waals surface area (Å²) >= 11 is 0. The molecule has 0 spiro atoms. The first-order chi connectivity index (χ1) is 11.4. The molecule has 24 heavy (non-hydrogen) atoms. The van der Waals surface area contributed by atoms with Crippen molar-refractivity contribution in [3.05, 3.63) is 23.8 Å². The predicted molar refractivity (Wildman–Crippen MR) is 96.5 cm³/mol. The second-order valence-corrected chi connectivity index (χ2v) is 8.49. The lowest BCUT2D eigenvalue weighted by Crippen LogP contribution is -2.20. The van der Waals surface area contributed by atoms with Crippen molar-refractivity contribution in [2.24, 2.45) is 5.92 Å². The zero-order chi connectivity index (χ0) is 17.6. The van der Waals surface area contributed by atoms with Crippen LogP contribution >= 0.6 is 0 Å². The van der Waals surface area contributed by atoms with Crippen LogP contribution in [0.15, 0.2) is 23.1 Å². The molecule has 0 saturated heterocycles. The van der Waals surface area contributed by atoms with Gasteiger partial charge < -0.3 is 5.32 Å². The third-order valence-corrected chi connectivity index (χ3v) is 6.33. The van der Waals surface area contributed by atoms with E-state index in [9.17, 15) is 13.2 Å². The molecule has 1 aromatic carbocycles. The Hall–Kier alpha value is -1.40. The molecule has 2 N–H and O–H groups in total. The number of benzene rings is 1. The minimum atomic E-state index is -3.52. The Balaban J connectivity index is 1.88. The van der Waals surface area contributed by atoms with Crippen LogP contribution in [0.5, 0.6) is 0 Å². The quantitative estimate of drug-likeness (QED) is 0.787. The molecular weight excluding hydrogens is 324 g/mol. The van der Waals surface area contributed by atoms with Crippen molar-refractivity contribution in [1.29, 1.82) is 0 Å². The number of anilines is 1. The van der Waals surface area contributed by atoms with Gasteiger partial charge in [-0.1, -0.05) is 38.2 Å². The van der Waals surface area contributed by atoms with Crippen molar-refractivity contribution in [2.75, 3.05) is 12.4 Å². The van der Waals surface area contributed by atoms with E-state index in [0.29, 0.717) is 17.7 Å². The highest BCUT2D eigenvalue weighted by Crippen LogP contribution is 2.27. The maximum absolute atomic E-state index is 12.1. The van der Waals surface area contributed by atoms with E-state index in [4.69, 9.17) is 0 Å². The molecule has 6 heteroatoms. The van der Waals surface area contributed by atoms with E-state index in [2.05, 4.69) is 10.0 Å². The molecule has 0 aliphatic heterocycles. The number of sulfonamides is 1. The van der Waals surface area contributed by atoms with Crippen LogP contribution in [-0.4, -0.2) is 21.4 Å². The van der Waals surface area contributed by atoms with Crippen molar-refractivity contribution in [3.8, 4) is 0 Å². The highest BCUT2D eigenvalue weighted by molar-refractivity contribution is 7.89. The summed E-state index contributed by atoms with van der Waals surface area (Å²) in [5.74, 6) is 0.723. The number of carbonyl (C=O) groups is 1. The summed E-state index contributed by atoms with van der Waals surface area (Å²) < 4.78 is 26.3. The second kappa shape index (κ2) is 8.62. The van der Waals surface area contributed by atoms with Crippen LogP contribution in [0.3, 0.4) is 0 Å². The number of aryl methyl sites for hydroxylation is 1. The smallest absolute Gasteiger partial charge is 0.240 e. The topological polar surface area (TPSA) is 75.3 Å². The fraction of sp³-hybridized carbons (Fsp3) is 0.611. The zero-order valence-corrected chi connectivity index (χ0v) is 15.4. The molecule has 2 rings (SSSR count). The molecule has 0 unspecified atom stereocenters. The van der Waals surface area contributed by atoms with Crippen LogP contribution in [0.4, 0.5) is 5.69 Å². The average molecular weight is 353 g/mol. The molecular formula is C18H28N2O3S. The lowest BCUT2D eigenvalue weighted by molar-refractivity contribution is -0.116. The molecule has 0 heterocycles. The largest absolute Gasteiger partial charge is 0.326 e. The van der Waals surface area contributed by atoms with E-state index in [1.807, 2.05) is 0 Å². The summed E-state index contributed by atoms with van der Waals surface area (Å²) in [6, 6.07) is 4.96. The lowest BCUT2D eigenvalue weighted by atomic mass is 9.86. The summed E-state index contributed by atoms with van der Waals surface area (Å²) in [5.41, 5.74) is 1.18. The van der Waals surface area contributed by atoms with Gasteiger partial charge in [-0.25, -0.2) is 13.1 Å². The maximum atomic E-state index is 12.1. The van der Waals surface area contributed by atoms with Crippen LogP contribution in [0.25, 0.3) is 0 Å². The highest BCUT2D eigenvalue weighted by Gasteiger charge is 2.16. The standard InChI is InChI=1S/C18H28N2O3S/c1-14-11-12-16(13-17(14)24(22,23)19-2)20-18(21)10-6-9-15-7-4-3-5-8-15/h11-13,15,19H,3-10H2,1-2H3,(H,20,21). The van der Waals surface area contributed by atoms with E-state index >= 15 is 0 Å². The highest BCUT2D eigenvalue weighted by atomic mass is 32.2. The van der Waals surface area contributed by atoms with Crippen molar-refractivity contribution < 1.29 is 13.2 Å². The molecule has 1 saturated carbocycles. The Bertz CT molecular complexity index is 665. The fourth-order valence-corrected chi connectivity index (χ4v) is 4.32. The van der Waals surface area contributed by atoms with Gasteiger partial charge >= 0.3 is 0 Å². The first-order valence-corrected chi connectivity index (χ1v) is 10.2. The van der Waals surface area contributed by atoms with E-state index in [1.54, 1.807) is 19.1 Å². The molecule has 134 valence electrons. The number of amides is 1. The number of hydrogen-bond acceptors (Lipinski definition) is 3. The van der Waals surface area contributed by atoms with Gasteiger partial charge in [0.25, 0.3) is 0 Å². The summed E-state index contributed by atoms with van der Waals surface area (Å²) in [6.45, 7) is 1.74. The van der Waals surface area contributed by atoms with Gasteiger partial charge in [-0.05, 0) is 50.4 Å². The lowest BCUT2D eigenvalue weighted by Gasteiger charge is -2.21. The Morgan fingerprint density at radius 3 is 2.58 bits per heavy atom. The molecule has 1 aliphatic carbocycles. The predicted octanol–water partition coefficient (Wildman–Crippen LogP) is 3.59. The fourth-order valence-electron chi connectivity index (χ4n) is 3.33. The number of rotatable bonds is 7. The molecule has 0 aromatic heterocycles. The Kier molecular flexibility index (Phi) is 6.80. The molecule has 1 amide bonds. The summed E-state index contributed by atoms with van der Waals surface area (Å²) in [7, 11) is -2.14. The van der Waals surface area contributed by atoms with Gasteiger partial charge in [0.05, 0.1) is 4.90 Å². The van der Waals surface area contributed by atoms with Crippen molar-refractivity contribution in [3.63, 3.8) is 0 Å². The summed E-state index contributed by atoms with van der Waals surface area (Å²) in [4.78, 5) is 12.3. The maximum Gasteiger partial charge on any atom is 0.240 e. The van der Waals surface area contributed by atoms with E-state index in [-0.39, 0.29) is 10.8 Å². The normalized spacial score (nSPS) is 16.1. The van der Waals surface area contributed by atoms with Gasteiger partial charge in [0.15, 0.2) is 0 Å². The Labute approximate surface area is 145 Å². The van der Waals surface area contributed by atoms with Crippen LogP contribution in [0.2, 0.25) is 0 Å². The van der Waals surface area contributed by atoms with Gasteiger partial charge in [-0.2, -0.15) is 0 Å². The Morgan fingerprint density at radius 1 is 1.21 bits per heavy atom. The average Bonchev–Trinajstić information content (AvgIpc) is 2.57. The molecule has 0 radical (unpaired) electrons. The van der Waals surface area contributed by atoms with Crippen LogP contribution in [0, 0.1) is 12.8 Å². The Morgan fingerprint density at radius 2 is 1.92 bits per heavy atom. The molecule has 1 fully saturated rings. The van der Waals surface area contributed by atoms with E-state index < -0.39 is 10.0 Å². The molecule has 0 atom stereocenters. The van der Waals surface area contributed by atoms with Crippen LogP contribution < -0.4 is 10.0 Å². The van der Waals surface area contributed by atoms with Gasteiger partial charge in [0, 0.05) is 12.1 Å². The number of carbonyl (C=O) groups excluding carboxylic acids is 1. The molecule has 5 nitrogen and oxygen atoms in total. The van der Waals surface area contributed by atoms with Crippen LogP contribution in [0.1, 0.15) is 56.9 Å². The summed E-state index contributed by atoms with van der Waals surface area (Å²) in [6.07, 6.45) is 9.08. The number of nitrogens with one attached hydrogen (secondary N) is 2. The monoisotopic (exact) mass is 352 g/mol. The summed E-state index contributed by atoms with van der Waals surface area (Å²) in [5, 5.41) is 2.81. The first-order valence-electron chi connectivity index (χ1n) is 8.76. The minimum absolute atomic E-state index is 0.0533. The van der Waals surface area contributed by atoms with Crippen LogP contribution in [-0.2, 0) is 14.8 Å². The number of hydrogen-bond donors (Lipinski definition) is 2. The van der Waals surface area contributed by atoms with Crippen molar-refractivity contribution in [1.82, 2.24) is 4.72 Å². The molecule has 0 bridgehead atoms. The second-order valence-electron chi connectivity index (χ2n) is 6.63. The van der Waals surface area contributed by atoms with Crippen molar-refractivity contribution in [2.45, 2.75) is 63.2 Å². The van der Waals surface area contributed by atoms with E-state index in [1.165, 1.54) is 45.2 Å². The molecule has 1 aromatic rings. The SMILES string of the molecule is CNS(=O)(=O)c1cc(NC(=O)CCCC2CCCCC2)ccc1C. The third-order valence-electron chi connectivity index (χ3n) is 4.77. The van der Waals surface area contributed by atoms with Gasteiger partial charge in [0.2, 0.25) is 15.9 Å². The first kappa shape index (κ1) is 18.9.